The number of benzene rings is 1. The summed E-state index contributed by atoms with van der Waals surface area (Å²) in [4.78, 5) is 30.9. The fourth-order valence-electron chi connectivity index (χ4n) is 1.37. The number of carbonyl (C=O) groups is 2. The second-order valence-electron chi connectivity index (χ2n) is 3.38. The first kappa shape index (κ1) is 15.2. The molecular weight excluding hydrogens is 280 g/mol. The van der Waals surface area contributed by atoms with Gasteiger partial charge in [0.25, 0.3) is 5.69 Å². The van der Waals surface area contributed by atoms with Gasteiger partial charge >= 0.3 is 12.6 Å². The molecule has 1 N–H and O–H groups in total. The molecule has 0 aliphatic carbocycles. The van der Waals surface area contributed by atoms with E-state index in [0.29, 0.717) is 6.08 Å². The zero-order valence-corrected chi connectivity index (χ0v) is 9.66. The minimum Gasteiger partial charge on any atom is -0.478 e. The van der Waals surface area contributed by atoms with Crippen molar-refractivity contribution in [3.05, 3.63) is 39.4 Å². The lowest BCUT2D eigenvalue weighted by Crippen LogP contribution is -2.06. The summed E-state index contributed by atoms with van der Waals surface area (Å²) in [6.45, 7) is -3.28. The molecule has 0 amide bonds. The molecule has 20 heavy (non-hydrogen) atoms. The van der Waals surface area contributed by atoms with E-state index in [1.165, 1.54) is 0 Å². The predicted molar refractivity (Wildman–Crippen MR) is 61.8 cm³/mol. The maximum absolute atomic E-state index is 12.2. The number of nitro benzene ring substituents is 1. The highest BCUT2D eigenvalue weighted by Crippen LogP contribution is 2.32. The minimum absolute atomic E-state index is 0.218. The molecule has 0 saturated carbocycles. The van der Waals surface area contributed by atoms with Crippen LogP contribution in [0, 0.1) is 10.1 Å². The summed E-state index contributed by atoms with van der Waals surface area (Å²) >= 11 is 0. The van der Waals surface area contributed by atoms with E-state index in [-0.39, 0.29) is 11.8 Å². The van der Waals surface area contributed by atoms with Gasteiger partial charge in [-0.2, -0.15) is 8.78 Å². The van der Waals surface area contributed by atoms with Crippen LogP contribution in [0.5, 0.6) is 5.75 Å². The Hall–Kier alpha value is -2.84. The number of hydrogen-bond acceptors (Lipinski definition) is 5. The summed E-state index contributed by atoms with van der Waals surface area (Å²) in [7, 11) is 0. The summed E-state index contributed by atoms with van der Waals surface area (Å²) in [5, 5.41) is 19.3. The first-order valence-electron chi connectivity index (χ1n) is 4.98. The molecule has 0 unspecified atom stereocenters. The van der Waals surface area contributed by atoms with E-state index in [1.807, 2.05) is 0 Å². The highest BCUT2D eigenvalue weighted by atomic mass is 19.3. The maximum atomic E-state index is 12.2. The molecule has 0 aliphatic rings. The highest BCUT2D eigenvalue weighted by Gasteiger charge is 2.21. The van der Waals surface area contributed by atoms with E-state index >= 15 is 0 Å². The van der Waals surface area contributed by atoms with Gasteiger partial charge in [-0.1, -0.05) is 0 Å². The van der Waals surface area contributed by atoms with Gasteiger partial charge < -0.3 is 9.84 Å². The normalized spacial score (nSPS) is 10.8. The van der Waals surface area contributed by atoms with Crippen molar-refractivity contribution >= 4 is 24.0 Å². The van der Waals surface area contributed by atoms with Crippen molar-refractivity contribution in [2.75, 3.05) is 0 Å². The van der Waals surface area contributed by atoms with Gasteiger partial charge in [-0.05, 0) is 12.1 Å². The number of nitro groups is 1. The van der Waals surface area contributed by atoms with E-state index in [0.717, 1.165) is 18.2 Å². The van der Waals surface area contributed by atoms with Gasteiger partial charge in [-0.25, -0.2) is 4.79 Å². The molecule has 1 aromatic rings. The Labute approximate surface area is 110 Å². The summed E-state index contributed by atoms with van der Waals surface area (Å²) in [6.07, 6.45) is 1.49. The standard InChI is InChI=1S/C11H7F2NO6/c12-11(13)20-9-4-6(5-15)3-8(14(18)19)7(9)1-2-10(16)17/h1-5,11H,(H,16,17)/b2-1+. The van der Waals surface area contributed by atoms with Crippen LogP contribution in [0.4, 0.5) is 14.5 Å². The van der Waals surface area contributed by atoms with E-state index in [9.17, 15) is 28.5 Å². The van der Waals surface area contributed by atoms with Crippen molar-refractivity contribution in [1.82, 2.24) is 0 Å². The number of aliphatic carboxylic acids is 1. The lowest BCUT2D eigenvalue weighted by atomic mass is 10.1. The smallest absolute Gasteiger partial charge is 0.387 e. The Morgan fingerprint density at radius 2 is 2.10 bits per heavy atom. The van der Waals surface area contributed by atoms with Crippen LogP contribution in [0.25, 0.3) is 6.08 Å². The molecule has 7 nitrogen and oxygen atoms in total. The molecule has 0 radical (unpaired) electrons. The number of nitrogens with zero attached hydrogens (tertiary/aromatic N) is 1. The lowest BCUT2D eigenvalue weighted by molar-refractivity contribution is -0.385. The molecule has 0 spiro atoms. The molecule has 0 aliphatic heterocycles. The number of rotatable bonds is 6. The lowest BCUT2D eigenvalue weighted by Gasteiger charge is -2.09. The number of halogens is 2. The zero-order valence-electron chi connectivity index (χ0n) is 9.66. The molecular formula is C11H7F2NO6. The van der Waals surface area contributed by atoms with E-state index in [1.54, 1.807) is 0 Å². The SMILES string of the molecule is O=Cc1cc(OC(F)F)c(/C=C/C(=O)O)c([N+](=O)[O-])c1. The third-order valence-corrected chi connectivity index (χ3v) is 2.08. The number of aldehydes is 1. The van der Waals surface area contributed by atoms with Crippen LogP contribution in [0.1, 0.15) is 15.9 Å². The Morgan fingerprint density at radius 3 is 2.55 bits per heavy atom. The second-order valence-corrected chi connectivity index (χ2v) is 3.38. The third kappa shape index (κ3) is 3.83. The second kappa shape index (κ2) is 6.36. The number of carboxylic acids is 1. The summed E-state index contributed by atoms with van der Waals surface area (Å²) in [6, 6.07) is 1.68. The van der Waals surface area contributed by atoms with E-state index < -0.39 is 34.5 Å². The van der Waals surface area contributed by atoms with Gasteiger partial charge in [0.15, 0.2) is 0 Å². The van der Waals surface area contributed by atoms with Crippen LogP contribution in [-0.2, 0) is 4.79 Å². The fraction of sp³-hybridized carbons (Fsp3) is 0.0909. The van der Waals surface area contributed by atoms with Crippen LogP contribution in [-0.4, -0.2) is 28.9 Å². The quantitative estimate of drug-likeness (QED) is 0.371. The number of carboxylic acid groups (broad SMARTS) is 1. The first-order valence-corrected chi connectivity index (χ1v) is 4.98. The van der Waals surface area contributed by atoms with E-state index in [2.05, 4.69) is 4.74 Å². The minimum atomic E-state index is -3.28. The molecule has 0 aromatic heterocycles. The maximum Gasteiger partial charge on any atom is 0.387 e. The predicted octanol–water partition coefficient (Wildman–Crippen LogP) is 2.11. The Morgan fingerprint density at radius 1 is 1.45 bits per heavy atom. The van der Waals surface area contributed by atoms with Gasteiger partial charge in [0.1, 0.15) is 12.0 Å². The number of hydrogen-bond donors (Lipinski definition) is 1. The molecule has 0 bridgehead atoms. The van der Waals surface area contributed by atoms with Crippen LogP contribution in [0.3, 0.4) is 0 Å². The van der Waals surface area contributed by atoms with Crippen LogP contribution in [0.15, 0.2) is 18.2 Å². The Bertz CT molecular complexity index is 585. The van der Waals surface area contributed by atoms with Crippen molar-refractivity contribution in [2.24, 2.45) is 0 Å². The van der Waals surface area contributed by atoms with Gasteiger partial charge in [0.2, 0.25) is 0 Å². The first-order chi connectivity index (χ1) is 9.35. The molecule has 0 heterocycles. The number of alkyl halides is 2. The van der Waals surface area contributed by atoms with Crippen molar-refractivity contribution in [3.8, 4) is 5.75 Å². The fourth-order valence-corrected chi connectivity index (χ4v) is 1.37. The molecule has 1 aromatic carbocycles. The average Bonchev–Trinajstić information content (AvgIpc) is 2.35. The van der Waals surface area contributed by atoms with Crippen LogP contribution in [0.2, 0.25) is 0 Å². The average molecular weight is 287 g/mol. The molecule has 106 valence electrons. The molecule has 1 rings (SSSR count). The Kier molecular flexibility index (Phi) is 4.84. The van der Waals surface area contributed by atoms with Crippen molar-refractivity contribution in [1.29, 1.82) is 0 Å². The molecule has 0 saturated heterocycles. The van der Waals surface area contributed by atoms with E-state index in [4.69, 9.17) is 5.11 Å². The van der Waals surface area contributed by atoms with Gasteiger partial charge in [-0.15, -0.1) is 0 Å². The van der Waals surface area contributed by atoms with Gasteiger partial charge in [0, 0.05) is 17.7 Å². The van der Waals surface area contributed by atoms with Gasteiger partial charge in [0.05, 0.1) is 10.5 Å². The third-order valence-electron chi connectivity index (χ3n) is 2.08. The topological polar surface area (TPSA) is 107 Å². The monoisotopic (exact) mass is 287 g/mol. The van der Waals surface area contributed by atoms with Crippen molar-refractivity contribution in [3.63, 3.8) is 0 Å². The van der Waals surface area contributed by atoms with Crippen molar-refractivity contribution in [2.45, 2.75) is 6.61 Å². The largest absolute Gasteiger partial charge is 0.478 e. The number of carbonyl (C=O) groups excluding carboxylic acids is 1. The highest BCUT2D eigenvalue weighted by molar-refractivity contribution is 5.88. The number of ether oxygens (including phenoxy) is 1. The van der Waals surface area contributed by atoms with Crippen molar-refractivity contribution < 1.29 is 33.1 Å². The van der Waals surface area contributed by atoms with Crippen LogP contribution < -0.4 is 4.74 Å². The summed E-state index contributed by atoms with van der Waals surface area (Å²) in [5.74, 6) is -2.09. The summed E-state index contributed by atoms with van der Waals surface area (Å²) in [5.41, 5.74) is -1.44. The molecule has 0 fully saturated rings. The molecule has 9 heteroatoms. The molecule has 0 atom stereocenters. The Balaban J connectivity index is 3.50. The summed E-state index contributed by atoms with van der Waals surface area (Å²) < 4.78 is 28.6. The van der Waals surface area contributed by atoms with Gasteiger partial charge in [-0.3, -0.25) is 14.9 Å². The zero-order chi connectivity index (χ0) is 15.3. The van der Waals surface area contributed by atoms with Crippen LogP contribution >= 0.6 is 0 Å².